The van der Waals surface area contributed by atoms with Gasteiger partial charge in [0.2, 0.25) is 0 Å². The van der Waals surface area contributed by atoms with Crippen LogP contribution in [0.1, 0.15) is 18.2 Å². The molecule has 0 aliphatic carbocycles. The minimum Gasteiger partial charge on any atom is -0.211 e. The molecule has 98 valence electrons. The summed E-state index contributed by atoms with van der Waals surface area (Å²) < 4.78 is 1.73. The Bertz CT molecular complexity index is 748. The fourth-order valence-corrected chi connectivity index (χ4v) is 2.80. The van der Waals surface area contributed by atoms with Gasteiger partial charge in [-0.1, -0.05) is 30.3 Å². The predicted molar refractivity (Wildman–Crippen MR) is 78.8 cm³/mol. The lowest BCUT2D eigenvalue weighted by atomic mass is 10.1. The average Bonchev–Trinajstić information content (AvgIpc) is 3.15. The fraction of sp³-hybridized carbons (Fsp3) is 0.133. The largest absolute Gasteiger partial charge is 0.211 e. The molecule has 0 unspecified atom stereocenters. The molecule has 0 amide bonds. The van der Waals surface area contributed by atoms with Crippen molar-refractivity contribution >= 4 is 11.3 Å². The molecule has 0 radical (unpaired) electrons. The minimum atomic E-state index is 0.354. The second-order valence-electron chi connectivity index (χ2n) is 4.31. The highest BCUT2D eigenvalue weighted by Gasteiger charge is 2.16. The normalized spacial score (nSPS) is 10.4. The summed E-state index contributed by atoms with van der Waals surface area (Å²) in [5, 5.41) is 19.3. The molecule has 5 heteroatoms. The lowest BCUT2D eigenvalue weighted by Crippen LogP contribution is -1.99. The lowest BCUT2D eigenvalue weighted by Gasteiger charge is -2.05. The fourth-order valence-electron chi connectivity index (χ4n) is 2.05. The van der Waals surface area contributed by atoms with Crippen molar-refractivity contribution in [3.05, 3.63) is 53.0 Å². The summed E-state index contributed by atoms with van der Waals surface area (Å²) in [6, 6.07) is 14.2. The minimum absolute atomic E-state index is 0.354. The quantitative estimate of drug-likeness (QED) is 0.738. The molecule has 3 rings (SSSR count). The van der Waals surface area contributed by atoms with Crippen molar-refractivity contribution in [3.63, 3.8) is 0 Å². The Morgan fingerprint density at radius 1 is 1.25 bits per heavy atom. The van der Waals surface area contributed by atoms with Crippen molar-refractivity contribution in [2.45, 2.75) is 13.3 Å². The van der Waals surface area contributed by atoms with Crippen molar-refractivity contribution < 1.29 is 0 Å². The number of nitriles is 1. The Morgan fingerprint density at radius 3 is 2.65 bits per heavy atom. The van der Waals surface area contributed by atoms with Gasteiger partial charge in [-0.2, -0.15) is 5.26 Å². The van der Waals surface area contributed by atoms with Crippen LogP contribution in [-0.2, 0) is 6.42 Å². The molecule has 0 aliphatic rings. The maximum Gasteiger partial charge on any atom is 0.191 e. The van der Waals surface area contributed by atoms with E-state index in [9.17, 15) is 5.26 Å². The molecule has 0 spiro atoms. The van der Waals surface area contributed by atoms with Gasteiger partial charge in [0.25, 0.3) is 0 Å². The monoisotopic (exact) mass is 280 g/mol. The second-order valence-corrected chi connectivity index (χ2v) is 5.26. The molecule has 3 aromatic rings. The van der Waals surface area contributed by atoms with Gasteiger partial charge in [-0.3, -0.25) is 0 Å². The van der Waals surface area contributed by atoms with E-state index in [0.29, 0.717) is 5.69 Å². The van der Waals surface area contributed by atoms with Crippen molar-refractivity contribution in [1.29, 1.82) is 5.26 Å². The van der Waals surface area contributed by atoms with Crippen LogP contribution in [0.4, 0.5) is 0 Å². The molecule has 0 saturated heterocycles. The van der Waals surface area contributed by atoms with Crippen LogP contribution in [0.15, 0.2) is 41.8 Å². The summed E-state index contributed by atoms with van der Waals surface area (Å²) in [6.07, 6.45) is 0.999. The van der Waals surface area contributed by atoms with Crippen LogP contribution in [-0.4, -0.2) is 15.0 Å². The molecule has 2 heterocycles. The Labute approximate surface area is 120 Å². The van der Waals surface area contributed by atoms with E-state index in [1.54, 1.807) is 16.0 Å². The summed E-state index contributed by atoms with van der Waals surface area (Å²) in [6.45, 7) is 2.12. The van der Waals surface area contributed by atoms with Gasteiger partial charge in [-0.15, -0.1) is 16.4 Å². The molecule has 20 heavy (non-hydrogen) atoms. The first-order valence-corrected chi connectivity index (χ1v) is 7.20. The van der Waals surface area contributed by atoms with Gasteiger partial charge in [0.05, 0.1) is 10.6 Å². The van der Waals surface area contributed by atoms with E-state index in [4.69, 9.17) is 0 Å². The zero-order chi connectivity index (χ0) is 13.9. The SMILES string of the molecule is CCc1ccc(-n2nnc(C#N)c2-c2cccs2)cc1. The number of aromatic nitrogens is 3. The molecule has 4 nitrogen and oxygen atoms in total. The van der Waals surface area contributed by atoms with E-state index in [-0.39, 0.29) is 0 Å². The van der Waals surface area contributed by atoms with Crippen molar-refractivity contribution in [2.24, 2.45) is 0 Å². The van der Waals surface area contributed by atoms with Crippen molar-refractivity contribution in [3.8, 4) is 22.3 Å². The number of nitrogens with zero attached hydrogens (tertiary/aromatic N) is 4. The zero-order valence-corrected chi connectivity index (χ0v) is 11.8. The standard InChI is InChI=1S/C15H12N4S/c1-2-11-5-7-12(8-6-11)19-15(13(10-16)17-18-19)14-4-3-9-20-14/h3-9H,2H2,1H3. The Hall–Kier alpha value is -2.45. The van der Waals surface area contributed by atoms with Gasteiger partial charge < -0.3 is 0 Å². The third-order valence-electron chi connectivity index (χ3n) is 3.12. The van der Waals surface area contributed by atoms with Gasteiger partial charge >= 0.3 is 0 Å². The van der Waals surface area contributed by atoms with Crippen molar-refractivity contribution in [1.82, 2.24) is 15.0 Å². The molecular formula is C15H12N4S. The van der Waals surface area contributed by atoms with Gasteiger partial charge in [0.1, 0.15) is 11.8 Å². The van der Waals surface area contributed by atoms with Crippen LogP contribution < -0.4 is 0 Å². The summed E-state index contributed by atoms with van der Waals surface area (Å²) in [7, 11) is 0. The van der Waals surface area contributed by atoms with Crippen LogP contribution in [0.2, 0.25) is 0 Å². The Balaban J connectivity index is 2.14. The van der Waals surface area contributed by atoms with E-state index in [1.807, 2.05) is 29.6 Å². The van der Waals surface area contributed by atoms with Crippen LogP contribution in [0.3, 0.4) is 0 Å². The van der Waals surface area contributed by atoms with Gasteiger partial charge in [-0.25, -0.2) is 4.68 Å². The van der Waals surface area contributed by atoms with Crippen LogP contribution in [0, 0.1) is 11.3 Å². The molecule has 0 bridgehead atoms. The maximum atomic E-state index is 9.20. The third kappa shape index (κ3) is 2.10. The summed E-state index contributed by atoms with van der Waals surface area (Å²) in [4.78, 5) is 0.992. The van der Waals surface area contributed by atoms with Crippen LogP contribution in [0.5, 0.6) is 0 Å². The van der Waals surface area contributed by atoms with E-state index in [1.165, 1.54) is 5.56 Å². The molecule has 0 aliphatic heterocycles. The first kappa shape index (κ1) is 12.6. The molecule has 0 N–H and O–H groups in total. The summed E-state index contributed by atoms with van der Waals surface area (Å²) in [5.41, 5.74) is 3.30. The molecule has 1 aromatic carbocycles. The smallest absolute Gasteiger partial charge is 0.191 e. The molecular weight excluding hydrogens is 268 g/mol. The summed E-state index contributed by atoms with van der Waals surface area (Å²) in [5.74, 6) is 0. The van der Waals surface area contributed by atoms with Crippen LogP contribution in [0.25, 0.3) is 16.3 Å². The Kier molecular flexibility index (Phi) is 3.32. The zero-order valence-electron chi connectivity index (χ0n) is 10.9. The number of hydrogen-bond acceptors (Lipinski definition) is 4. The van der Waals surface area contributed by atoms with E-state index >= 15 is 0 Å². The van der Waals surface area contributed by atoms with Gasteiger partial charge in [-0.05, 0) is 35.6 Å². The van der Waals surface area contributed by atoms with E-state index in [0.717, 1.165) is 22.7 Å². The number of benzene rings is 1. The number of rotatable bonds is 3. The van der Waals surface area contributed by atoms with E-state index in [2.05, 4.69) is 35.4 Å². The maximum absolute atomic E-state index is 9.20. The highest BCUT2D eigenvalue weighted by molar-refractivity contribution is 7.13. The Morgan fingerprint density at radius 2 is 2.05 bits per heavy atom. The second kappa shape index (κ2) is 5.27. The molecule has 0 atom stereocenters. The molecule has 0 saturated carbocycles. The van der Waals surface area contributed by atoms with Crippen molar-refractivity contribution in [2.75, 3.05) is 0 Å². The van der Waals surface area contributed by atoms with E-state index < -0.39 is 0 Å². The predicted octanol–water partition coefficient (Wildman–Crippen LogP) is 3.43. The first-order chi connectivity index (χ1) is 9.83. The lowest BCUT2D eigenvalue weighted by molar-refractivity contribution is 0.807. The highest BCUT2D eigenvalue weighted by Crippen LogP contribution is 2.28. The summed E-state index contributed by atoms with van der Waals surface area (Å²) >= 11 is 1.57. The first-order valence-electron chi connectivity index (χ1n) is 6.32. The van der Waals surface area contributed by atoms with Gasteiger partial charge in [0, 0.05) is 0 Å². The third-order valence-corrected chi connectivity index (χ3v) is 4.00. The number of aryl methyl sites for hydroxylation is 1. The highest BCUT2D eigenvalue weighted by atomic mass is 32.1. The number of thiophene rings is 1. The van der Waals surface area contributed by atoms with Crippen LogP contribution >= 0.6 is 11.3 Å². The molecule has 0 fully saturated rings. The topological polar surface area (TPSA) is 54.5 Å². The van der Waals surface area contributed by atoms with Gasteiger partial charge in [0.15, 0.2) is 5.69 Å². The number of hydrogen-bond donors (Lipinski definition) is 0. The molecule has 2 aromatic heterocycles. The average molecular weight is 280 g/mol.